The lowest BCUT2D eigenvalue weighted by molar-refractivity contribution is -0.153. The van der Waals surface area contributed by atoms with E-state index in [-0.39, 0.29) is 5.97 Å². The number of carbonyl (C=O) groups is 1. The number of ether oxygens (including phenoxy) is 1. The first-order valence-electron chi connectivity index (χ1n) is 7.05. The number of halogens is 1. The van der Waals surface area contributed by atoms with Crippen LogP contribution in [0.5, 0.6) is 0 Å². The van der Waals surface area contributed by atoms with Crippen LogP contribution < -0.4 is 5.32 Å². The Morgan fingerprint density at radius 3 is 2.60 bits per heavy atom. The Morgan fingerprint density at radius 1 is 1.35 bits per heavy atom. The molecule has 110 valence electrons. The van der Waals surface area contributed by atoms with Gasteiger partial charge >= 0.3 is 5.97 Å². The molecule has 1 fully saturated rings. The standard InChI is InChI=1S/C16H22BrNO2/c1-16(2,3)20-15(19)10-18-12-8-11(9-12)13-6-4-5-7-14(13)17/h4-7,11-12,18H,8-10H2,1-3H3. The zero-order valence-corrected chi connectivity index (χ0v) is 13.9. The fourth-order valence-electron chi connectivity index (χ4n) is 2.45. The molecule has 0 radical (unpaired) electrons. The third-order valence-electron chi connectivity index (χ3n) is 3.44. The third-order valence-corrected chi connectivity index (χ3v) is 4.16. The van der Waals surface area contributed by atoms with E-state index >= 15 is 0 Å². The van der Waals surface area contributed by atoms with Crippen molar-refractivity contribution >= 4 is 21.9 Å². The summed E-state index contributed by atoms with van der Waals surface area (Å²) in [6.07, 6.45) is 2.15. The summed E-state index contributed by atoms with van der Waals surface area (Å²) < 4.78 is 6.45. The number of rotatable bonds is 4. The molecule has 1 saturated carbocycles. The van der Waals surface area contributed by atoms with Gasteiger partial charge in [-0.3, -0.25) is 4.79 Å². The second-order valence-electron chi connectivity index (χ2n) is 6.35. The highest BCUT2D eigenvalue weighted by molar-refractivity contribution is 9.10. The molecule has 0 heterocycles. The number of hydrogen-bond donors (Lipinski definition) is 1. The van der Waals surface area contributed by atoms with Crippen molar-refractivity contribution in [1.82, 2.24) is 5.32 Å². The van der Waals surface area contributed by atoms with E-state index in [1.54, 1.807) is 0 Å². The first kappa shape index (κ1) is 15.5. The van der Waals surface area contributed by atoms with Crippen LogP contribution in [0.1, 0.15) is 45.1 Å². The molecule has 0 bridgehead atoms. The van der Waals surface area contributed by atoms with Crippen molar-refractivity contribution in [1.29, 1.82) is 0 Å². The molecule has 3 nitrogen and oxygen atoms in total. The summed E-state index contributed by atoms with van der Waals surface area (Å²) in [4.78, 5) is 11.6. The molecule has 1 aliphatic carbocycles. The molecule has 1 aromatic carbocycles. The van der Waals surface area contributed by atoms with Gasteiger partial charge in [-0.15, -0.1) is 0 Å². The molecule has 0 unspecified atom stereocenters. The van der Waals surface area contributed by atoms with Crippen LogP contribution in [0.2, 0.25) is 0 Å². The highest BCUT2D eigenvalue weighted by Crippen LogP contribution is 2.39. The van der Waals surface area contributed by atoms with E-state index in [9.17, 15) is 4.79 Å². The Balaban J connectivity index is 1.72. The lowest BCUT2D eigenvalue weighted by atomic mass is 9.76. The van der Waals surface area contributed by atoms with Crippen molar-refractivity contribution < 1.29 is 9.53 Å². The molecule has 1 aromatic rings. The Morgan fingerprint density at radius 2 is 2.00 bits per heavy atom. The molecule has 0 aromatic heterocycles. The highest BCUT2D eigenvalue weighted by atomic mass is 79.9. The zero-order valence-electron chi connectivity index (χ0n) is 12.3. The Hall–Kier alpha value is -0.870. The molecule has 4 heteroatoms. The van der Waals surface area contributed by atoms with Crippen molar-refractivity contribution in [2.45, 2.75) is 51.2 Å². The molecule has 2 rings (SSSR count). The van der Waals surface area contributed by atoms with Crippen molar-refractivity contribution in [3.8, 4) is 0 Å². The highest BCUT2D eigenvalue weighted by Gasteiger charge is 2.31. The topological polar surface area (TPSA) is 38.3 Å². The largest absolute Gasteiger partial charge is 0.459 e. The number of nitrogens with one attached hydrogen (secondary N) is 1. The van der Waals surface area contributed by atoms with Crippen LogP contribution >= 0.6 is 15.9 Å². The van der Waals surface area contributed by atoms with Gasteiger partial charge in [0.1, 0.15) is 5.60 Å². The van der Waals surface area contributed by atoms with Crippen molar-refractivity contribution in [2.75, 3.05) is 6.54 Å². The van der Waals surface area contributed by atoms with Gasteiger partial charge in [0, 0.05) is 10.5 Å². The van der Waals surface area contributed by atoms with Gasteiger partial charge in [-0.1, -0.05) is 34.1 Å². The molecular formula is C16H22BrNO2. The summed E-state index contributed by atoms with van der Waals surface area (Å²) in [6.45, 7) is 5.95. The summed E-state index contributed by atoms with van der Waals surface area (Å²) in [5.41, 5.74) is 0.957. The Labute approximate surface area is 129 Å². The summed E-state index contributed by atoms with van der Waals surface area (Å²) in [7, 11) is 0. The van der Waals surface area contributed by atoms with Crippen LogP contribution in [-0.2, 0) is 9.53 Å². The van der Waals surface area contributed by atoms with E-state index < -0.39 is 5.60 Å². The maximum atomic E-state index is 11.6. The maximum Gasteiger partial charge on any atom is 0.320 e. The zero-order chi connectivity index (χ0) is 14.8. The molecule has 0 spiro atoms. The van der Waals surface area contributed by atoms with E-state index in [1.165, 1.54) is 10.0 Å². The van der Waals surface area contributed by atoms with Gasteiger partial charge in [0.2, 0.25) is 0 Å². The van der Waals surface area contributed by atoms with Crippen molar-refractivity contribution in [3.63, 3.8) is 0 Å². The van der Waals surface area contributed by atoms with E-state index in [1.807, 2.05) is 26.8 Å². The lowest BCUT2D eigenvalue weighted by Gasteiger charge is -2.36. The van der Waals surface area contributed by atoms with Gasteiger partial charge in [-0.25, -0.2) is 0 Å². The average Bonchev–Trinajstić information content (AvgIpc) is 2.26. The van der Waals surface area contributed by atoms with Crippen LogP contribution in [0.25, 0.3) is 0 Å². The maximum absolute atomic E-state index is 11.6. The number of carbonyl (C=O) groups excluding carboxylic acids is 1. The molecule has 1 N–H and O–H groups in total. The average molecular weight is 340 g/mol. The third kappa shape index (κ3) is 4.32. The van der Waals surface area contributed by atoms with Crippen LogP contribution in [-0.4, -0.2) is 24.2 Å². The minimum absolute atomic E-state index is 0.179. The van der Waals surface area contributed by atoms with Gasteiger partial charge < -0.3 is 10.1 Å². The lowest BCUT2D eigenvalue weighted by Crippen LogP contribution is -2.43. The van der Waals surface area contributed by atoms with E-state index in [4.69, 9.17) is 4.74 Å². The van der Waals surface area contributed by atoms with Crippen molar-refractivity contribution in [3.05, 3.63) is 34.3 Å². The molecule has 20 heavy (non-hydrogen) atoms. The first-order valence-corrected chi connectivity index (χ1v) is 7.84. The van der Waals surface area contributed by atoms with Crippen LogP contribution in [0.15, 0.2) is 28.7 Å². The van der Waals surface area contributed by atoms with E-state index in [2.05, 4.69) is 39.4 Å². The van der Waals surface area contributed by atoms with E-state index in [0.29, 0.717) is 18.5 Å². The van der Waals surface area contributed by atoms with Gasteiger partial charge in [-0.05, 0) is 51.2 Å². The predicted octanol–water partition coefficient (Wildman–Crippen LogP) is 3.63. The summed E-state index contributed by atoms with van der Waals surface area (Å²) in [5.74, 6) is 0.406. The summed E-state index contributed by atoms with van der Waals surface area (Å²) in [6, 6.07) is 8.77. The molecule has 1 aliphatic rings. The van der Waals surface area contributed by atoms with Gasteiger partial charge in [-0.2, -0.15) is 0 Å². The first-order chi connectivity index (χ1) is 9.35. The van der Waals surface area contributed by atoms with Gasteiger partial charge in [0.15, 0.2) is 0 Å². The number of esters is 1. The van der Waals surface area contributed by atoms with Gasteiger partial charge in [0.05, 0.1) is 6.54 Å². The predicted molar refractivity (Wildman–Crippen MR) is 83.8 cm³/mol. The monoisotopic (exact) mass is 339 g/mol. The SMILES string of the molecule is CC(C)(C)OC(=O)CNC1CC(c2ccccc2Br)C1. The minimum Gasteiger partial charge on any atom is -0.459 e. The number of hydrogen-bond acceptors (Lipinski definition) is 3. The fourth-order valence-corrected chi connectivity index (χ4v) is 3.06. The van der Waals surface area contributed by atoms with Crippen LogP contribution in [0.3, 0.4) is 0 Å². The van der Waals surface area contributed by atoms with Crippen molar-refractivity contribution in [2.24, 2.45) is 0 Å². The number of benzene rings is 1. The molecule has 0 amide bonds. The van der Waals surface area contributed by atoms with E-state index in [0.717, 1.165) is 12.8 Å². The molecule has 0 atom stereocenters. The fraction of sp³-hybridized carbons (Fsp3) is 0.562. The molecular weight excluding hydrogens is 318 g/mol. The summed E-state index contributed by atoms with van der Waals surface area (Å²) in [5, 5.41) is 3.27. The quantitative estimate of drug-likeness (QED) is 0.851. The Bertz CT molecular complexity index is 476. The van der Waals surface area contributed by atoms with Gasteiger partial charge in [0.25, 0.3) is 0 Å². The smallest absolute Gasteiger partial charge is 0.320 e. The van der Waals surface area contributed by atoms with Crippen LogP contribution in [0, 0.1) is 0 Å². The second kappa shape index (κ2) is 6.27. The normalized spacial score (nSPS) is 22.2. The second-order valence-corrected chi connectivity index (χ2v) is 7.21. The molecule has 0 aliphatic heterocycles. The minimum atomic E-state index is -0.407. The summed E-state index contributed by atoms with van der Waals surface area (Å²) >= 11 is 3.59. The molecule has 0 saturated heterocycles. The van der Waals surface area contributed by atoms with Crippen LogP contribution in [0.4, 0.5) is 0 Å². The Kier molecular flexibility index (Phi) is 4.86.